The summed E-state index contributed by atoms with van der Waals surface area (Å²) >= 11 is 1.78. The van der Waals surface area contributed by atoms with E-state index in [4.69, 9.17) is 4.74 Å². The number of nitrogens with zero attached hydrogens (tertiary/aromatic N) is 1. The molecule has 2 fully saturated rings. The van der Waals surface area contributed by atoms with Crippen molar-refractivity contribution < 1.29 is 19.1 Å². The summed E-state index contributed by atoms with van der Waals surface area (Å²) in [6.07, 6.45) is 1.73. The zero-order chi connectivity index (χ0) is 13.0. The predicted octanol–water partition coefficient (Wildman–Crippen LogP) is 0.672. The molecule has 0 saturated carbocycles. The van der Waals surface area contributed by atoms with Gasteiger partial charge in [-0.2, -0.15) is 11.8 Å². The Bertz CT molecular complexity index is 317. The lowest BCUT2D eigenvalue weighted by Crippen LogP contribution is -2.50. The van der Waals surface area contributed by atoms with Crippen molar-refractivity contribution in [2.24, 2.45) is 0 Å². The fourth-order valence-electron chi connectivity index (χ4n) is 2.35. The van der Waals surface area contributed by atoms with E-state index in [1.165, 1.54) is 7.11 Å². The number of thioether (sulfide) groups is 1. The number of hydrogen-bond donors (Lipinski definition) is 0. The molecular weight excluding hydrogens is 254 g/mol. The molecule has 0 N–H and O–H groups in total. The molecule has 0 bridgehead atoms. The molecule has 0 aromatic heterocycles. The van der Waals surface area contributed by atoms with Gasteiger partial charge in [0.1, 0.15) is 6.10 Å². The quantitative estimate of drug-likeness (QED) is 0.708. The smallest absolute Gasteiger partial charge is 0.307 e. The second-order valence-electron chi connectivity index (χ2n) is 4.54. The highest BCUT2D eigenvalue weighted by Crippen LogP contribution is 2.23. The standard InChI is InChI=1S/C12H19NO4S/c1-16-11(14)7-9-8-18-6-4-13(9)12(15)10-3-2-5-17-10/h9-10H,2-8H2,1H3/t9-,10-/m0/s1. The minimum Gasteiger partial charge on any atom is -0.469 e. The van der Waals surface area contributed by atoms with Crippen LogP contribution >= 0.6 is 11.8 Å². The van der Waals surface area contributed by atoms with Crippen LogP contribution in [0.5, 0.6) is 0 Å². The van der Waals surface area contributed by atoms with Gasteiger partial charge in [0.2, 0.25) is 0 Å². The van der Waals surface area contributed by atoms with E-state index in [0.717, 1.165) is 24.3 Å². The summed E-state index contributed by atoms with van der Waals surface area (Å²) in [6, 6.07) is -0.0482. The minimum atomic E-state index is -0.298. The average molecular weight is 273 g/mol. The molecule has 2 aliphatic heterocycles. The van der Waals surface area contributed by atoms with Crippen LogP contribution in [0.25, 0.3) is 0 Å². The first-order valence-electron chi connectivity index (χ1n) is 6.29. The average Bonchev–Trinajstić information content (AvgIpc) is 2.92. The van der Waals surface area contributed by atoms with E-state index in [0.29, 0.717) is 13.2 Å². The predicted molar refractivity (Wildman–Crippen MR) is 68.4 cm³/mol. The summed E-state index contributed by atoms with van der Waals surface area (Å²) < 4.78 is 10.1. The van der Waals surface area contributed by atoms with Gasteiger partial charge < -0.3 is 14.4 Å². The number of esters is 1. The molecule has 5 nitrogen and oxygen atoms in total. The van der Waals surface area contributed by atoms with Crippen molar-refractivity contribution in [1.82, 2.24) is 4.90 Å². The largest absolute Gasteiger partial charge is 0.469 e. The van der Waals surface area contributed by atoms with Crippen molar-refractivity contribution in [3.63, 3.8) is 0 Å². The molecule has 0 radical (unpaired) electrons. The normalized spacial score (nSPS) is 28.2. The number of ether oxygens (including phenoxy) is 2. The lowest BCUT2D eigenvalue weighted by molar-refractivity contribution is -0.146. The van der Waals surface area contributed by atoms with Gasteiger partial charge in [0.25, 0.3) is 5.91 Å². The Morgan fingerprint density at radius 1 is 1.50 bits per heavy atom. The third-order valence-corrected chi connectivity index (χ3v) is 4.44. The van der Waals surface area contributed by atoms with Crippen LogP contribution in [-0.2, 0) is 19.1 Å². The Hall–Kier alpha value is -0.750. The zero-order valence-corrected chi connectivity index (χ0v) is 11.4. The van der Waals surface area contributed by atoms with Crippen LogP contribution in [0.3, 0.4) is 0 Å². The molecule has 18 heavy (non-hydrogen) atoms. The van der Waals surface area contributed by atoms with E-state index in [-0.39, 0.29) is 30.4 Å². The molecule has 0 aromatic carbocycles. The zero-order valence-electron chi connectivity index (χ0n) is 10.6. The van der Waals surface area contributed by atoms with Gasteiger partial charge in [-0.15, -0.1) is 0 Å². The first kappa shape index (κ1) is 13.7. The Labute approximate surface area is 111 Å². The van der Waals surface area contributed by atoms with Crippen molar-refractivity contribution in [1.29, 1.82) is 0 Å². The van der Waals surface area contributed by atoms with Gasteiger partial charge in [-0.05, 0) is 12.8 Å². The highest BCUT2D eigenvalue weighted by atomic mass is 32.2. The molecule has 0 aliphatic carbocycles. The summed E-state index contributed by atoms with van der Waals surface area (Å²) in [4.78, 5) is 25.5. The number of rotatable bonds is 3. The molecule has 2 saturated heterocycles. The van der Waals surface area contributed by atoms with Gasteiger partial charge in [0.05, 0.1) is 19.6 Å². The van der Waals surface area contributed by atoms with Gasteiger partial charge in [0, 0.05) is 24.7 Å². The third-order valence-electron chi connectivity index (χ3n) is 3.35. The minimum absolute atomic E-state index is 0.0432. The molecule has 6 heteroatoms. The third kappa shape index (κ3) is 3.17. The van der Waals surface area contributed by atoms with Crippen molar-refractivity contribution in [3.8, 4) is 0 Å². The van der Waals surface area contributed by atoms with E-state index in [9.17, 15) is 9.59 Å². The lowest BCUT2D eigenvalue weighted by atomic mass is 10.1. The summed E-state index contributed by atoms with van der Waals surface area (Å²) in [5, 5.41) is 0. The van der Waals surface area contributed by atoms with E-state index >= 15 is 0 Å². The molecular formula is C12H19NO4S. The fourth-order valence-corrected chi connectivity index (χ4v) is 3.41. The summed E-state index contributed by atoms with van der Waals surface area (Å²) in [5.41, 5.74) is 0. The number of hydrogen-bond acceptors (Lipinski definition) is 5. The maximum absolute atomic E-state index is 12.3. The number of methoxy groups -OCH3 is 1. The molecule has 102 valence electrons. The van der Waals surface area contributed by atoms with Crippen molar-refractivity contribution in [3.05, 3.63) is 0 Å². The van der Waals surface area contributed by atoms with E-state index < -0.39 is 0 Å². The molecule has 2 atom stereocenters. The van der Waals surface area contributed by atoms with Gasteiger partial charge in [0.15, 0.2) is 0 Å². The Morgan fingerprint density at radius 3 is 3.00 bits per heavy atom. The second kappa shape index (κ2) is 6.43. The first-order valence-corrected chi connectivity index (χ1v) is 7.44. The van der Waals surface area contributed by atoms with Crippen LogP contribution in [0.15, 0.2) is 0 Å². The molecule has 0 unspecified atom stereocenters. The van der Waals surface area contributed by atoms with Gasteiger partial charge >= 0.3 is 5.97 Å². The van der Waals surface area contributed by atoms with E-state index in [1.54, 1.807) is 11.8 Å². The fraction of sp³-hybridized carbons (Fsp3) is 0.833. The van der Waals surface area contributed by atoms with E-state index in [2.05, 4.69) is 4.74 Å². The molecule has 2 heterocycles. The highest BCUT2D eigenvalue weighted by Gasteiger charge is 2.34. The Morgan fingerprint density at radius 2 is 2.33 bits per heavy atom. The van der Waals surface area contributed by atoms with Crippen molar-refractivity contribution in [2.45, 2.75) is 31.4 Å². The summed E-state index contributed by atoms with van der Waals surface area (Å²) in [6.45, 7) is 1.37. The number of amides is 1. The highest BCUT2D eigenvalue weighted by molar-refractivity contribution is 7.99. The number of carbonyl (C=O) groups is 2. The molecule has 0 spiro atoms. The molecule has 2 rings (SSSR count). The van der Waals surface area contributed by atoms with Crippen LogP contribution in [0.2, 0.25) is 0 Å². The number of carbonyl (C=O) groups excluding carboxylic acids is 2. The molecule has 2 aliphatic rings. The maximum Gasteiger partial charge on any atom is 0.307 e. The van der Waals surface area contributed by atoms with Crippen molar-refractivity contribution in [2.75, 3.05) is 31.8 Å². The Balaban J connectivity index is 1.97. The van der Waals surface area contributed by atoms with Gasteiger partial charge in [-0.1, -0.05) is 0 Å². The Kier molecular flexibility index (Phi) is 4.88. The lowest BCUT2D eigenvalue weighted by Gasteiger charge is -2.36. The van der Waals surface area contributed by atoms with Crippen LogP contribution in [-0.4, -0.2) is 60.7 Å². The van der Waals surface area contributed by atoms with E-state index in [1.807, 2.05) is 4.90 Å². The van der Waals surface area contributed by atoms with Crippen molar-refractivity contribution >= 4 is 23.6 Å². The molecule has 0 aromatic rings. The monoisotopic (exact) mass is 273 g/mol. The van der Waals surface area contributed by atoms with Crippen LogP contribution in [0.4, 0.5) is 0 Å². The molecule has 1 amide bonds. The first-order chi connectivity index (χ1) is 8.72. The van der Waals surface area contributed by atoms with Gasteiger partial charge in [-0.3, -0.25) is 9.59 Å². The van der Waals surface area contributed by atoms with Crippen LogP contribution < -0.4 is 0 Å². The maximum atomic E-state index is 12.3. The SMILES string of the molecule is COC(=O)C[C@H]1CSCCN1C(=O)[C@@H]1CCCO1. The van der Waals surface area contributed by atoms with Gasteiger partial charge in [-0.25, -0.2) is 0 Å². The topological polar surface area (TPSA) is 55.8 Å². The van der Waals surface area contributed by atoms with Crippen LogP contribution in [0, 0.1) is 0 Å². The summed E-state index contributed by atoms with van der Waals surface area (Å²) in [7, 11) is 1.38. The summed E-state index contributed by atoms with van der Waals surface area (Å²) in [5.74, 6) is 1.51. The van der Waals surface area contributed by atoms with Crippen LogP contribution in [0.1, 0.15) is 19.3 Å². The second-order valence-corrected chi connectivity index (χ2v) is 5.69.